The molecule has 92 valence electrons. The summed E-state index contributed by atoms with van der Waals surface area (Å²) in [6.07, 6.45) is 0. The van der Waals surface area contributed by atoms with Crippen LogP contribution in [0.5, 0.6) is 0 Å². The van der Waals surface area contributed by atoms with E-state index >= 15 is 0 Å². The molecule has 0 aliphatic carbocycles. The van der Waals surface area contributed by atoms with Crippen molar-refractivity contribution in [3.63, 3.8) is 0 Å². The van der Waals surface area contributed by atoms with E-state index in [1.54, 1.807) is 24.3 Å². The average molecular weight is 346 g/mol. The lowest BCUT2D eigenvalue weighted by atomic mass is 10.1. The van der Waals surface area contributed by atoms with Gasteiger partial charge in [0, 0.05) is 0 Å². The van der Waals surface area contributed by atoms with Gasteiger partial charge in [-0.2, -0.15) is 0 Å². The number of carbonyl (C=O) groups is 2. The highest BCUT2D eigenvalue weighted by atomic mass is 127. The van der Waals surface area contributed by atoms with E-state index in [1.165, 1.54) is 4.90 Å². The third-order valence-corrected chi connectivity index (χ3v) is 2.44. The normalized spacial score (nSPS) is 14.6. The first kappa shape index (κ1) is 14.1. The van der Waals surface area contributed by atoms with Gasteiger partial charge in [-0.15, -0.1) is 0 Å². The minimum absolute atomic E-state index is 0. The smallest absolute Gasteiger partial charge is 0.265 e. The highest BCUT2D eigenvalue weighted by molar-refractivity contribution is 6.21. The van der Waals surface area contributed by atoms with Crippen molar-refractivity contribution in [3.8, 4) is 0 Å². The van der Waals surface area contributed by atoms with E-state index in [-0.39, 0.29) is 35.8 Å². The van der Waals surface area contributed by atoms with Crippen LogP contribution in [0.4, 0.5) is 0 Å². The van der Waals surface area contributed by atoms with Crippen LogP contribution in [0.2, 0.25) is 0 Å². The van der Waals surface area contributed by atoms with Gasteiger partial charge < -0.3 is 28.5 Å². The van der Waals surface area contributed by atoms with E-state index in [2.05, 4.69) is 0 Å². The molecule has 0 atom stereocenters. The first-order valence-corrected chi connectivity index (χ1v) is 5.16. The van der Waals surface area contributed by atoms with E-state index in [9.17, 15) is 9.59 Å². The number of imide groups is 1. The van der Waals surface area contributed by atoms with Gasteiger partial charge in [0.2, 0.25) is 0 Å². The molecule has 0 saturated carbocycles. The number of benzene rings is 1. The molecule has 2 amide bonds. The molecule has 0 bridgehead atoms. The summed E-state index contributed by atoms with van der Waals surface area (Å²) in [6, 6.07) is 6.95. The Bertz CT molecular complexity index is 431. The molecular formula is C12H15IN2O2. The Morgan fingerprint density at radius 1 is 1.00 bits per heavy atom. The summed E-state index contributed by atoms with van der Waals surface area (Å²) in [5, 5.41) is 0. The molecular weight excluding hydrogens is 331 g/mol. The molecule has 1 aromatic carbocycles. The zero-order chi connectivity index (χ0) is 11.9. The Labute approximate surface area is 118 Å². The third-order valence-electron chi connectivity index (χ3n) is 2.44. The van der Waals surface area contributed by atoms with Crippen molar-refractivity contribution in [2.75, 3.05) is 27.8 Å². The Hall–Kier alpha value is -0.950. The lowest BCUT2D eigenvalue weighted by molar-refractivity contribution is -0.877. The van der Waals surface area contributed by atoms with Crippen molar-refractivity contribution in [1.82, 2.24) is 4.90 Å². The molecule has 0 saturated heterocycles. The SMILES string of the molecule is C[N+](C)(C)CN1C(=O)c2ccccc2C1=O.[I-]. The zero-order valence-electron chi connectivity index (χ0n) is 10.1. The van der Waals surface area contributed by atoms with Crippen LogP contribution >= 0.6 is 0 Å². The Kier molecular flexibility index (Phi) is 3.93. The maximum absolute atomic E-state index is 12.0. The lowest BCUT2D eigenvalue weighted by Crippen LogP contribution is -3.00. The Morgan fingerprint density at radius 2 is 1.41 bits per heavy atom. The molecule has 0 fully saturated rings. The van der Waals surface area contributed by atoms with E-state index in [1.807, 2.05) is 21.1 Å². The number of hydrogen-bond acceptors (Lipinski definition) is 2. The van der Waals surface area contributed by atoms with Crippen LogP contribution in [-0.2, 0) is 0 Å². The monoisotopic (exact) mass is 346 g/mol. The largest absolute Gasteiger partial charge is 1.00 e. The summed E-state index contributed by atoms with van der Waals surface area (Å²) in [4.78, 5) is 25.3. The van der Waals surface area contributed by atoms with E-state index in [0.717, 1.165) is 0 Å². The van der Waals surface area contributed by atoms with Crippen molar-refractivity contribution in [2.24, 2.45) is 0 Å². The van der Waals surface area contributed by atoms with Crippen molar-refractivity contribution in [1.29, 1.82) is 0 Å². The molecule has 1 aromatic rings. The second-order valence-corrected chi connectivity index (χ2v) is 5.02. The molecule has 0 spiro atoms. The molecule has 0 radical (unpaired) electrons. The quantitative estimate of drug-likeness (QED) is 0.351. The van der Waals surface area contributed by atoms with Crippen LogP contribution in [0.3, 0.4) is 0 Å². The van der Waals surface area contributed by atoms with Gasteiger partial charge in [-0.3, -0.25) is 9.59 Å². The molecule has 17 heavy (non-hydrogen) atoms. The van der Waals surface area contributed by atoms with Crippen LogP contribution < -0.4 is 24.0 Å². The number of hydrogen-bond donors (Lipinski definition) is 0. The summed E-state index contributed by atoms with van der Waals surface area (Å²) in [6.45, 7) is 0.395. The molecule has 5 heteroatoms. The number of carbonyl (C=O) groups excluding carboxylic acids is 2. The maximum atomic E-state index is 12.0. The van der Waals surface area contributed by atoms with Gasteiger partial charge in [0.05, 0.1) is 32.3 Å². The van der Waals surface area contributed by atoms with Crippen LogP contribution in [0, 0.1) is 0 Å². The van der Waals surface area contributed by atoms with Crippen LogP contribution in [0.15, 0.2) is 24.3 Å². The summed E-state index contributed by atoms with van der Waals surface area (Å²) in [5.41, 5.74) is 1.03. The molecule has 0 aromatic heterocycles. The van der Waals surface area contributed by atoms with Crippen molar-refractivity contribution >= 4 is 11.8 Å². The van der Waals surface area contributed by atoms with E-state index < -0.39 is 0 Å². The van der Waals surface area contributed by atoms with E-state index in [0.29, 0.717) is 22.3 Å². The number of halogens is 1. The Morgan fingerprint density at radius 3 is 1.76 bits per heavy atom. The number of quaternary nitrogens is 1. The van der Waals surface area contributed by atoms with Crippen molar-refractivity contribution in [3.05, 3.63) is 35.4 Å². The van der Waals surface area contributed by atoms with E-state index in [4.69, 9.17) is 0 Å². The molecule has 0 N–H and O–H groups in total. The molecule has 1 aliphatic rings. The number of nitrogens with zero attached hydrogens (tertiary/aromatic N) is 2. The fourth-order valence-corrected chi connectivity index (χ4v) is 1.79. The standard InChI is InChI=1S/C12H15N2O2.HI/c1-14(2,3)8-13-11(15)9-6-4-5-7-10(9)12(13)16;/h4-7H,8H2,1-3H3;1H/q+1;/p-1. The van der Waals surface area contributed by atoms with Crippen molar-refractivity contribution in [2.45, 2.75) is 0 Å². The number of fused-ring (bicyclic) bond motifs is 1. The van der Waals surface area contributed by atoms with Gasteiger partial charge in [0.1, 0.15) is 0 Å². The van der Waals surface area contributed by atoms with Gasteiger partial charge in [-0.1, -0.05) is 12.1 Å². The molecule has 4 nitrogen and oxygen atoms in total. The van der Waals surface area contributed by atoms with Crippen LogP contribution in [0.1, 0.15) is 20.7 Å². The predicted molar refractivity (Wildman–Crippen MR) is 59.8 cm³/mol. The molecule has 1 heterocycles. The Balaban J connectivity index is 0.00000144. The zero-order valence-corrected chi connectivity index (χ0v) is 12.3. The second kappa shape index (κ2) is 4.73. The minimum Gasteiger partial charge on any atom is -1.00 e. The second-order valence-electron chi connectivity index (χ2n) is 5.02. The van der Waals surface area contributed by atoms with Gasteiger partial charge in [0.15, 0.2) is 6.67 Å². The average Bonchev–Trinajstić information content (AvgIpc) is 2.43. The van der Waals surface area contributed by atoms with Gasteiger partial charge in [-0.05, 0) is 12.1 Å². The fraction of sp³-hybridized carbons (Fsp3) is 0.333. The molecule has 0 unspecified atom stereocenters. The molecule has 1 aliphatic heterocycles. The topological polar surface area (TPSA) is 37.4 Å². The highest BCUT2D eigenvalue weighted by Crippen LogP contribution is 2.22. The summed E-state index contributed by atoms with van der Waals surface area (Å²) in [5.74, 6) is -0.373. The van der Waals surface area contributed by atoms with Gasteiger partial charge in [0.25, 0.3) is 11.8 Å². The number of amides is 2. The minimum atomic E-state index is -0.186. The van der Waals surface area contributed by atoms with Crippen LogP contribution in [0.25, 0.3) is 0 Å². The van der Waals surface area contributed by atoms with Gasteiger partial charge in [-0.25, -0.2) is 4.90 Å². The third kappa shape index (κ3) is 2.66. The predicted octanol–water partition coefficient (Wildman–Crippen LogP) is -2.05. The van der Waals surface area contributed by atoms with Crippen molar-refractivity contribution < 1.29 is 38.0 Å². The van der Waals surface area contributed by atoms with Crippen LogP contribution in [-0.4, -0.2) is 49.0 Å². The summed E-state index contributed by atoms with van der Waals surface area (Å²) in [7, 11) is 5.84. The number of rotatable bonds is 2. The summed E-state index contributed by atoms with van der Waals surface area (Å²) < 4.78 is 0.547. The maximum Gasteiger partial charge on any atom is 0.265 e. The first-order valence-electron chi connectivity index (χ1n) is 5.16. The summed E-state index contributed by atoms with van der Waals surface area (Å²) >= 11 is 0. The molecule has 2 rings (SSSR count). The highest BCUT2D eigenvalue weighted by Gasteiger charge is 2.37. The lowest BCUT2D eigenvalue weighted by Gasteiger charge is -2.28. The fourth-order valence-electron chi connectivity index (χ4n) is 1.79. The van der Waals surface area contributed by atoms with Gasteiger partial charge >= 0.3 is 0 Å². The first-order chi connectivity index (χ1) is 7.40.